The molecule has 1 saturated heterocycles. The fourth-order valence-electron chi connectivity index (χ4n) is 2.85. The average Bonchev–Trinajstić information content (AvgIpc) is 2.90. The molecule has 4 heteroatoms. The van der Waals surface area contributed by atoms with Crippen molar-refractivity contribution >= 4 is 0 Å². The lowest BCUT2D eigenvalue weighted by molar-refractivity contribution is 0.216. The highest BCUT2D eigenvalue weighted by Crippen LogP contribution is 2.20. The highest BCUT2D eigenvalue weighted by Gasteiger charge is 2.25. The number of likely N-dealkylation sites (tertiary alicyclic amines) is 1. The predicted octanol–water partition coefficient (Wildman–Crippen LogP) is 1.91. The summed E-state index contributed by atoms with van der Waals surface area (Å²) < 4.78 is 1.58. The van der Waals surface area contributed by atoms with Crippen LogP contribution in [0.4, 0.5) is 0 Å². The number of aromatic nitrogens is 2. The van der Waals surface area contributed by atoms with Crippen LogP contribution in [-0.4, -0.2) is 27.3 Å². The summed E-state index contributed by atoms with van der Waals surface area (Å²) in [4.78, 5) is 14.2. The molecule has 3 rings (SSSR count). The Morgan fingerprint density at radius 1 is 1.15 bits per heavy atom. The monoisotopic (exact) mass is 269 g/mol. The van der Waals surface area contributed by atoms with E-state index in [4.69, 9.17) is 0 Å². The van der Waals surface area contributed by atoms with Gasteiger partial charge in [-0.15, -0.1) is 0 Å². The number of nitrogens with zero attached hydrogens (tertiary/aromatic N) is 3. The first kappa shape index (κ1) is 13.1. The normalized spacial score (nSPS) is 19.3. The van der Waals surface area contributed by atoms with Gasteiger partial charge in [-0.25, -0.2) is 4.68 Å². The molecular formula is C16H19N3O. The van der Waals surface area contributed by atoms with Gasteiger partial charge in [-0.2, -0.15) is 5.10 Å². The minimum Gasteiger partial charge on any atom is -0.294 e. The first-order chi connectivity index (χ1) is 9.83. The van der Waals surface area contributed by atoms with Crippen LogP contribution >= 0.6 is 0 Å². The number of benzene rings is 1. The van der Waals surface area contributed by atoms with Crippen LogP contribution in [-0.2, 0) is 13.1 Å². The molecule has 1 unspecified atom stereocenters. The van der Waals surface area contributed by atoms with E-state index in [0.717, 1.165) is 19.5 Å². The Bertz CT molecular complexity index is 608. The maximum atomic E-state index is 11.8. The fraction of sp³-hybridized carbons (Fsp3) is 0.375. The van der Waals surface area contributed by atoms with E-state index in [-0.39, 0.29) is 5.56 Å². The second kappa shape index (κ2) is 6.01. The van der Waals surface area contributed by atoms with Crippen molar-refractivity contribution in [2.45, 2.75) is 32.0 Å². The van der Waals surface area contributed by atoms with Gasteiger partial charge >= 0.3 is 0 Å². The number of rotatable bonds is 4. The molecule has 104 valence electrons. The minimum atomic E-state index is -0.0148. The van der Waals surface area contributed by atoms with E-state index in [2.05, 4.69) is 34.3 Å². The molecule has 0 aliphatic carbocycles. The van der Waals surface area contributed by atoms with Gasteiger partial charge in [0.25, 0.3) is 5.56 Å². The van der Waals surface area contributed by atoms with Crippen LogP contribution < -0.4 is 5.56 Å². The Morgan fingerprint density at radius 3 is 2.80 bits per heavy atom. The highest BCUT2D eigenvalue weighted by molar-refractivity contribution is 5.14. The van der Waals surface area contributed by atoms with Gasteiger partial charge in [0.15, 0.2) is 0 Å². The molecule has 1 aliphatic heterocycles. The maximum Gasteiger partial charge on any atom is 0.266 e. The van der Waals surface area contributed by atoms with Crippen molar-refractivity contribution in [1.29, 1.82) is 0 Å². The summed E-state index contributed by atoms with van der Waals surface area (Å²) >= 11 is 0. The Morgan fingerprint density at radius 2 is 2.00 bits per heavy atom. The maximum absolute atomic E-state index is 11.8. The average molecular weight is 269 g/mol. The Balaban J connectivity index is 1.70. The largest absolute Gasteiger partial charge is 0.294 e. The fourth-order valence-corrected chi connectivity index (χ4v) is 2.85. The molecule has 0 N–H and O–H groups in total. The SMILES string of the molecule is O=c1cccnn1CC1CCCN1Cc1ccccc1. The lowest BCUT2D eigenvalue weighted by Gasteiger charge is -2.24. The third-order valence-corrected chi connectivity index (χ3v) is 3.90. The van der Waals surface area contributed by atoms with Crippen LogP contribution in [0.25, 0.3) is 0 Å². The van der Waals surface area contributed by atoms with E-state index < -0.39 is 0 Å². The molecule has 1 aromatic heterocycles. The topological polar surface area (TPSA) is 38.1 Å². The van der Waals surface area contributed by atoms with Crippen molar-refractivity contribution in [3.8, 4) is 0 Å². The molecule has 1 fully saturated rings. The highest BCUT2D eigenvalue weighted by atomic mass is 16.1. The van der Waals surface area contributed by atoms with Crippen LogP contribution in [0.2, 0.25) is 0 Å². The molecule has 1 aliphatic rings. The molecule has 1 atom stereocenters. The second-order valence-corrected chi connectivity index (χ2v) is 5.30. The van der Waals surface area contributed by atoms with E-state index >= 15 is 0 Å². The van der Waals surface area contributed by atoms with Gasteiger partial charge in [0, 0.05) is 24.8 Å². The molecule has 0 radical (unpaired) electrons. The molecule has 20 heavy (non-hydrogen) atoms. The van der Waals surface area contributed by atoms with Gasteiger partial charge in [0.1, 0.15) is 0 Å². The summed E-state index contributed by atoms with van der Waals surface area (Å²) in [5, 5.41) is 4.16. The van der Waals surface area contributed by atoms with E-state index in [9.17, 15) is 4.79 Å². The summed E-state index contributed by atoms with van der Waals surface area (Å²) in [6, 6.07) is 14.2. The third kappa shape index (κ3) is 2.96. The molecule has 4 nitrogen and oxygen atoms in total. The first-order valence-electron chi connectivity index (χ1n) is 7.13. The van der Waals surface area contributed by atoms with Crippen molar-refractivity contribution in [3.63, 3.8) is 0 Å². The van der Waals surface area contributed by atoms with E-state index in [1.807, 2.05) is 6.07 Å². The molecule has 0 spiro atoms. The summed E-state index contributed by atoms with van der Waals surface area (Å²) in [5.41, 5.74) is 1.31. The molecule has 0 amide bonds. The Kier molecular flexibility index (Phi) is 3.92. The van der Waals surface area contributed by atoms with Gasteiger partial charge in [0.2, 0.25) is 0 Å². The van der Waals surface area contributed by atoms with Crippen molar-refractivity contribution in [1.82, 2.24) is 14.7 Å². The Labute approximate surface area is 118 Å². The lowest BCUT2D eigenvalue weighted by Crippen LogP contribution is -2.36. The molecular weight excluding hydrogens is 250 g/mol. The van der Waals surface area contributed by atoms with Crippen LogP contribution in [0.3, 0.4) is 0 Å². The van der Waals surface area contributed by atoms with Crippen molar-refractivity contribution in [3.05, 3.63) is 64.6 Å². The van der Waals surface area contributed by atoms with Crippen LogP contribution in [0.1, 0.15) is 18.4 Å². The molecule has 2 heterocycles. The zero-order valence-electron chi connectivity index (χ0n) is 11.5. The molecule has 1 aromatic carbocycles. The summed E-state index contributed by atoms with van der Waals surface area (Å²) in [6.45, 7) is 2.74. The van der Waals surface area contributed by atoms with Crippen molar-refractivity contribution in [2.75, 3.05) is 6.54 Å². The van der Waals surface area contributed by atoms with Gasteiger partial charge < -0.3 is 0 Å². The second-order valence-electron chi connectivity index (χ2n) is 5.30. The number of hydrogen-bond acceptors (Lipinski definition) is 3. The molecule has 0 saturated carbocycles. The van der Waals surface area contributed by atoms with Gasteiger partial charge in [-0.3, -0.25) is 9.69 Å². The Hall–Kier alpha value is -1.94. The van der Waals surface area contributed by atoms with E-state index in [0.29, 0.717) is 12.6 Å². The van der Waals surface area contributed by atoms with Gasteiger partial charge in [-0.05, 0) is 31.0 Å². The van der Waals surface area contributed by atoms with E-state index in [1.165, 1.54) is 12.0 Å². The zero-order chi connectivity index (χ0) is 13.8. The standard InChI is InChI=1S/C16H19N3O/c20-16-9-4-10-17-19(16)13-15-8-5-11-18(15)12-14-6-2-1-3-7-14/h1-4,6-7,9-10,15H,5,8,11-13H2. The van der Waals surface area contributed by atoms with Gasteiger partial charge in [-0.1, -0.05) is 30.3 Å². The minimum absolute atomic E-state index is 0.0148. The van der Waals surface area contributed by atoms with Gasteiger partial charge in [0.05, 0.1) is 6.54 Å². The lowest BCUT2D eigenvalue weighted by atomic mass is 10.2. The number of hydrogen-bond donors (Lipinski definition) is 0. The van der Waals surface area contributed by atoms with Crippen LogP contribution in [0, 0.1) is 0 Å². The quantitative estimate of drug-likeness (QED) is 0.851. The summed E-state index contributed by atoms with van der Waals surface area (Å²) in [5.74, 6) is 0. The predicted molar refractivity (Wildman–Crippen MR) is 78.4 cm³/mol. The van der Waals surface area contributed by atoms with Crippen molar-refractivity contribution < 1.29 is 0 Å². The first-order valence-corrected chi connectivity index (χ1v) is 7.13. The third-order valence-electron chi connectivity index (χ3n) is 3.90. The summed E-state index contributed by atoms with van der Waals surface area (Å²) in [6.07, 6.45) is 4.01. The smallest absolute Gasteiger partial charge is 0.266 e. The van der Waals surface area contributed by atoms with Crippen LogP contribution in [0.15, 0.2) is 53.5 Å². The summed E-state index contributed by atoms with van der Waals surface area (Å²) in [7, 11) is 0. The van der Waals surface area contributed by atoms with Crippen molar-refractivity contribution in [2.24, 2.45) is 0 Å². The molecule has 2 aromatic rings. The van der Waals surface area contributed by atoms with E-state index in [1.54, 1.807) is 23.0 Å². The van der Waals surface area contributed by atoms with Crippen LogP contribution in [0.5, 0.6) is 0 Å². The molecule has 0 bridgehead atoms. The zero-order valence-corrected chi connectivity index (χ0v) is 11.5.